The highest BCUT2D eigenvalue weighted by atomic mass is 32.2. The van der Waals surface area contributed by atoms with E-state index in [1.54, 1.807) is 35.0 Å². The average Bonchev–Trinajstić information content (AvgIpc) is 3.09. The van der Waals surface area contributed by atoms with Gasteiger partial charge in [-0.2, -0.15) is 0 Å². The second-order valence-corrected chi connectivity index (χ2v) is 8.59. The number of aromatic nitrogens is 1. The number of fused-ring (bicyclic) bond motifs is 1. The van der Waals surface area contributed by atoms with Crippen molar-refractivity contribution >= 4 is 50.8 Å². The highest BCUT2D eigenvalue weighted by Crippen LogP contribution is 2.35. The van der Waals surface area contributed by atoms with E-state index in [4.69, 9.17) is 0 Å². The number of pyridine rings is 1. The van der Waals surface area contributed by atoms with Crippen LogP contribution in [0, 0.1) is 0 Å². The summed E-state index contributed by atoms with van der Waals surface area (Å²) >= 11 is 5.21. The number of thiophene rings is 1. The fourth-order valence-electron chi connectivity index (χ4n) is 2.42. The third kappa shape index (κ3) is 4.18. The molecule has 4 rings (SSSR count). The van der Waals surface area contributed by atoms with Crippen molar-refractivity contribution in [3.63, 3.8) is 0 Å². The quantitative estimate of drug-likeness (QED) is 0.297. The summed E-state index contributed by atoms with van der Waals surface area (Å²) in [7, 11) is 0. The fourth-order valence-corrected chi connectivity index (χ4v) is 5.31. The summed E-state index contributed by atoms with van der Waals surface area (Å²) in [5, 5.41) is 2.32. The predicted octanol–water partition coefficient (Wildman–Crippen LogP) is 6.71. The maximum Gasteiger partial charge on any atom is 0.120 e. The van der Waals surface area contributed by atoms with Gasteiger partial charge in [0.15, 0.2) is 0 Å². The van der Waals surface area contributed by atoms with Crippen LogP contribution in [-0.4, -0.2) is 4.98 Å². The van der Waals surface area contributed by atoms with E-state index < -0.39 is 0 Å². The molecule has 0 saturated heterocycles. The summed E-state index contributed by atoms with van der Waals surface area (Å²) in [5.74, 6) is 0.917. The van der Waals surface area contributed by atoms with Crippen molar-refractivity contribution < 1.29 is 0 Å². The van der Waals surface area contributed by atoms with Crippen LogP contribution >= 0.6 is 35.0 Å². The van der Waals surface area contributed by atoms with Gasteiger partial charge in [-0.1, -0.05) is 60.3 Å². The minimum absolute atomic E-state index is 0.917. The Balaban J connectivity index is 1.45. The number of hydrogen-bond acceptors (Lipinski definition) is 5. The molecule has 2 nitrogen and oxygen atoms in total. The summed E-state index contributed by atoms with van der Waals surface area (Å²) in [6.07, 6.45) is 1.85. The molecule has 0 radical (unpaired) electrons. The molecule has 2 heterocycles. The van der Waals surface area contributed by atoms with Crippen molar-refractivity contribution in [3.05, 3.63) is 84.6 Å². The Kier molecular flexibility index (Phi) is 5.25. The SMILES string of the molecule is c1ccc(CSc2ncccc2NSc2cc3ccccc3s2)cc1. The maximum atomic E-state index is 4.54. The third-order valence-electron chi connectivity index (χ3n) is 3.65. The van der Waals surface area contributed by atoms with Gasteiger partial charge in [0, 0.05) is 16.6 Å². The van der Waals surface area contributed by atoms with Crippen LogP contribution in [0.5, 0.6) is 0 Å². The van der Waals surface area contributed by atoms with Gasteiger partial charge in [-0.3, -0.25) is 0 Å². The van der Waals surface area contributed by atoms with Gasteiger partial charge in [-0.25, -0.2) is 4.98 Å². The lowest BCUT2D eigenvalue weighted by molar-refractivity contribution is 1.14. The van der Waals surface area contributed by atoms with Gasteiger partial charge in [-0.15, -0.1) is 11.3 Å². The Morgan fingerprint density at radius 3 is 2.64 bits per heavy atom. The van der Waals surface area contributed by atoms with Crippen LogP contribution in [0.2, 0.25) is 0 Å². The molecule has 5 heteroatoms. The highest BCUT2D eigenvalue weighted by Gasteiger charge is 2.07. The first-order valence-corrected chi connectivity index (χ1v) is 10.5. The second-order valence-electron chi connectivity index (χ2n) is 5.44. The first-order valence-electron chi connectivity index (χ1n) is 7.92. The molecular weight excluding hydrogens is 364 g/mol. The molecular formula is C20H16N2S3. The van der Waals surface area contributed by atoms with E-state index in [2.05, 4.69) is 70.4 Å². The molecule has 0 fully saturated rings. The molecule has 0 aliphatic carbocycles. The van der Waals surface area contributed by atoms with Gasteiger partial charge < -0.3 is 4.72 Å². The average molecular weight is 381 g/mol. The van der Waals surface area contributed by atoms with Crippen LogP contribution in [0.25, 0.3) is 10.1 Å². The number of benzene rings is 2. The zero-order chi connectivity index (χ0) is 16.9. The molecule has 1 N–H and O–H groups in total. The summed E-state index contributed by atoms with van der Waals surface area (Å²) in [5.41, 5.74) is 2.37. The summed E-state index contributed by atoms with van der Waals surface area (Å²) in [6, 6.07) is 25.3. The molecule has 4 aromatic rings. The molecule has 0 saturated carbocycles. The topological polar surface area (TPSA) is 24.9 Å². The minimum atomic E-state index is 0.917. The van der Waals surface area contributed by atoms with Gasteiger partial charge in [-0.05, 0) is 47.2 Å². The molecule has 0 bridgehead atoms. The fraction of sp³-hybridized carbons (Fsp3) is 0.0500. The number of nitrogens with zero attached hydrogens (tertiary/aromatic N) is 1. The summed E-state index contributed by atoms with van der Waals surface area (Å²) in [4.78, 5) is 4.54. The van der Waals surface area contributed by atoms with Crippen LogP contribution in [0.15, 0.2) is 88.2 Å². The lowest BCUT2D eigenvalue weighted by Gasteiger charge is -2.09. The molecule has 124 valence electrons. The van der Waals surface area contributed by atoms with E-state index in [9.17, 15) is 0 Å². The van der Waals surface area contributed by atoms with Crippen molar-refractivity contribution in [1.29, 1.82) is 0 Å². The van der Waals surface area contributed by atoms with E-state index in [0.717, 1.165) is 16.5 Å². The van der Waals surface area contributed by atoms with Crippen molar-refractivity contribution in [2.75, 3.05) is 4.72 Å². The lowest BCUT2D eigenvalue weighted by atomic mass is 10.2. The molecule has 25 heavy (non-hydrogen) atoms. The van der Waals surface area contributed by atoms with Crippen LogP contribution in [-0.2, 0) is 5.75 Å². The standard InChI is InChI=1S/C20H16N2S3/c1-2-7-15(8-3-1)14-23-20-17(10-6-12-21-20)22-25-19-13-16-9-4-5-11-18(16)24-19/h1-13,22H,14H2. The van der Waals surface area contributed by atoms with Crippen LogP contribution in [0.3, 0.4) is 0 Å². The summed E-state index contributed by atoms with van der Waals surface area (Å²) in [6.45, 7) is 0. The first-order chi connectivity index (χ1) is 12.4. The Bertz CT molecular complexity index is 934. The zero-order valence-corrected chi connectivity index (χ0v) is 15.8. The monoisotopic (exact) mass is 380 g/mol. The van der Waals surface area contributed by atoms with Crippen molar-refractivity contribution in [3.8, 4) is 0 Å². The summed E-state index contributed by atoms with van der Waals surface area (Å²) < 4.78 is 6.04. The predicted molar refractivity (Wildman–Crippen MR) is 112 cm³/mol. The molecule has 2 aromatic carbocycles. The second kappa shape index (κ2) is 7.95. The molecule has 0 aliphatic rings. The highest BCUT2D eigenvalue weighted by molar-refractivity contribution is 8.02. The van der Waals surface area contributed by atoms with E-state index in [0.29, 0.717) is 0 Å². The zero-order valence-electron chi connectivity index (χ0n) is 13.4. The minimum Gasteiger partial charge on any atom is -0.323 e. The lowest BCUT2D eigenvalue weighted by Crippen LogP contribution is -1.91. The Hall–Kier alpha value is -1.95. The van der Waals surface area contributed by atoms with Gasteiger partial charge in [0.1, 0.15) is 5.03 Å². The normalized spacial score (nSPS) is 10.9. The molecule has 0 amide bonds. The Morgan fingerprint density at radius 2 is 1.76 bits per heavy atom. The van der Waals surface area contributed by atoms with Crippen LogP contribution in [0.1, 0.15) is 5.56 Å². The van der Waals surface area contributed by atoms with E-state index in [1.165, 1.54) is 19.9 Å². The van der Waals surface area contributed by atoms with E-state index in [-0.39, 0.29) is 0 Å². The smallest absolute Gasteiger partial charge is 0.120 e. The third-order valence-corrected chi connectivity index (χ3v) is 6.78. The van der Waals surface area contributed by atoms with Crippen molar-refractivity contribution in [2.24, 2.45) is 0 Å². The van der Waals surface area contributed by atoms with E-state index in [1.807, 2.05) is 18.3 Å². The number of nitrogens with one attached hydrogen (secondary N) is 1. The van der Waals surface area contributed by atoms with Gasteiger partial charge >= 0.3 is 0 Å². The van der Waals surface area contributed by atoms with Crippen molar-refractivity contribution in [1.82, 2.24) is 4.98 Å². The maximum absolute atomic E-state index is 4.54. The number of rotatable bonds is 6. The molecule has 0 unspecified atom stereocenters. The van der Waals surface area contributed by atoms with Gasteiger partial charge in [0.05, 0.1) is 9.90 Å². The van der Waals surface area contributed by atoms with Crippen LogP contribution < -0.4 is 4.72 Å². The Morgan fingerprint density at radius 1 is 0.920 bits per heavy atom. The first kappa shape index (κ1) is 16.5. The van der Waals surface area contributed by atoms with Gasteiger partial charge in [0.2, 0.25) is 0 Å². The van der Waals surface area contributed by atoms with Gasteiger partial charge in [0.25, 0.3) is 0 Å². The number of hydrogen-bond donors (Lipinski definition) is 1. The van der Waals surface area contributed by atoms with Crippen LogP contribution in [0.4, 0.5) is 5.69 Å². The molecule has 2 aromatic heterocycles. The van der Waals surface area contributed by atoms with Crippen molar-refractivity contribution in [2.45, 2.75) is 15.0 Å². The Labute approximate surface area is 159 Å². The van der Waals surface area contributed by atoms with E-state index >= 15 is 0 Å². The molecule has 0 spiro atoms. The molecule has 0 aliphatic heterocycles. The largest absolute Gasteiger partial charge is 0.323 e. The number of anilines is 1. The number of thioether (sulfide) groups is 1. The molecule has 0 atom stereocenters.